The van der Waals surface area contributed by atoms with Gasteiger partial charge in [-0.25, -0.2) is 4.79 Å². The van der Waals surface area contributed by atoms with Crippen LogP contribution in [0.5, 0.6) is 0 Å². The zero-order valence-corrected chi connectivity index (χ0v) is 12.5. The van der Waals surface area contributed by atoms with Crippen molar-refractivity contribution in [3.8, 4) is 0 Å². The Kier molecular flexibility index (Phi) is 3.77. The Morgan fingerprint density at radius 1 is 1.20 bits per heavy atom. The SMILES string of the molecule is O=C1CC(NC(=O)C(F)(F)F)C(=O)N2c3c(cccc31)C[C@H]2C(=O)O. The van der Waals surface area contributed by atoms with Crippen LogP contribution in [0.15, 0.2) is 18.2 Å². The summed E-state index contributed by atoms with van der Waals surface area (Å²) in [6, 6.07) is 1.29. The van der Waals surface area contributed by atoms with Gasteiger partial charge in [0, 0.05) is 18.4 Å². The summed E-state index contributed by atoms with van der Waals surface area (Å²) in [7, 11) is 0. The van der Waals surface area contributed by atoms with Crippen molar-refractivity contribution in [2.24, 2.45) is 0 Å². The number of alkyl halides is 3. The lowest BCUT2D eigenvalue weighted by atomic mass is 10.0. The Morgan fingerprint density at radius 3 is 2.48 bits per heavy atom. The normalized spacial score (nSPS) is 22.4. The van der Waals surface area contributed by atoms with Crippen molar-refractivity contribution in [3.63, 3.8) is 0 Å². The molecule has 2 atom stereocenters. The van der Waals surface area contributed by atoms with E-state index in [4.69, 9.17) is 0 Å². The van der Waals surface area contributed by atoms with Gasteiger partial charge in [0.15, 0.2) is 5.78 Å². The van der Waals surface area contributed by atoms with E-state index in [0.717, 1.165) is 4.90 Å². The van der Waals surface area contributed by atoms with Gasteiger partial charge in [-0.2, -0.15) is 13.2 Å². The third-order valence-electron chi connectivity index (χ3n) is 4.16. The summed E-state index contributed by atoms with van der Waals surface area (Å²) in [5.74, 6) is -5.42. The van der Waals surface area contributed by atoms with Crippen molar-refractivity contribution in [1.82, 2.24) is 5.32 Å². The largest absolute Gasteiger partial charge is 0.480 e. The molecular formula is C15H11F3N2O5. The van der Waals surface area contributed by atoms with Gasteiger partial charge in [0.2, 0.25) is 0 Å². The minimum Gasteiger partial charge on any atom is -0.480 e. The third kappa shape index (κ3) is 2.73. The van der Waals surface area contributed by atoms with E-state index in [-0.39, 0.29) is 17.7 Å². The van der Waals surface area contributed by atoms with Gasteiger partial charge < -0.3 is 10.4 Å². The number of aliphatic carboxylic acids is 1. The summed E-state index contributed by atoms with van der Waals surface area (Å²) in [6.07, 6.45) is -5.98. The second-order valence-electron chi connectivity index (χ2n) is 5.73. The van der Waals surface area contributed by atoms with Crippen LogP contribution in [0.25, 0.3) is 0 Å². The number of anilines is 1. The van der Waals surface area contributed by atoms with Crippen molar-refractivity contribution in [1.29, 1.82) is 0 Å². The predicted molar refractivity (Wildman–Crippen MR) is 76.0 cm³/mol. The molecule has 132 valence electrons. The highest BCUT2D eigenvalue weighted by molar-refractivity contribution is 6.16. The first-order valence-electron chi connectivity index (χ1n) is 7.20. The average molecular weight is 356 g/mol. The van der Waals surface area contributed by atoms with Crippen LogP contribution in [0.1, 0.15) is 22.3 Å². The fraction of sp³-hybridized carbons (Fsp3) is 0.333. The van der Waals surface area contributed by atoms with E-state index in [1.165, 1.54) is 17.4 Å². The zero-order valence-electron chi connectivity index (χ0n) is 12.5. The number of Topliss-reactive ketones (excluding diaryl/α,β-unsaturated/α-hetero) is 1. The number of carboxylic acid groups (broad SMARTS) is 1. The van der Waals surface area contributed by atoms with Crippen molar-refractivity contribution in [2.75, 3.05) is 4.90 Å². The molecule has 0 fully saturated rings. The molecule has 0 aliphatic carbocycles. The fourth-order valence-corrected chi connectivity index (χ4v) is 3.09. The van der Waals surface area contributed by atoms with Gasteiger partial charge in [-0.1, -0.05) is 12.1 Å². The second kappa shape index (κ2) is 5.57. The van der Waals surface area contributed by atoms with Crippen LogP contribution in [-0.2, 0) is 20.8 Å². The minimum absolute atomic E-state index is 0.0540. The Balaban J connectivity index is 2.05. The molecule has 2 N–H and O–H groups in total. The highest BCUT2D eigenvalue weighted by Crippen LogP contribution is 2.39. The molecule has 10 heteroatoms. The van der Waals surface area contributed by atoms with E-state index in [0.29, 0.717) is 5.56 Å². The number of amides is 2. The predicted octanol–water partition coefficient (Wildman–Crippen LogP) is 0.662. The molecule has 1 aromatic carbocycles. The van der Waals surface area contributed by atoms with E-state index in [2.05, 4.69) is 0 Å². The van der Waals surface area contributed by atoms with Crippen LogP contribution in [0.4, 0.5) is 18.9 Å². The first-order valence-corrected chi connectivity index (χ1v) is 7.20. The number of carbonyl (C=O) groups excluding carboxylic acids is 3. The minimum atomic E-state index is -5.23. The molecule has 0 bridgehead atoms. The number of hydrogen-bond acceptors (Lipinski definition) is 4. The number of carboxylic acids is 1. The summed E-state index contributed by atoms with van der Waals surface area (Å²) in [5.41, 5.74) is 0.585. The number of benzene rings is 1. The van der Waals surface area contributed by atoms with Crippen LogP contribution < -0.4 is 10.2 Å². The standard InChI is InChI=1S/C15H11F3N2O5/c16-15(17,18)14(25)19-8-5-10(21)7-3-1-2-6-4-9(13(23)24)20(11(6)7)12(8)22/h1-3,8-9H,4-5H2,(H,19,25)(H,23,24)/t8?,9-/m0/s1. The molecular weight excluding hydrogens is 345 g/mol. The molecule has 2 heterocycles. The number of nitrogens with one attached hydrogen (secondary N) is 1. The lowest BCUT2D eigenvalue weighted by molar-refractivity contribution is -0.174. The molecule has 2 aliphatic rings. The summed E-state index contributed by atoms with van der Waals surface area (Å²) >= 11 is 0. The Bertz CT molecular complexity index is 805. The third-order valence-corrected chi connectivity index (χ3v) is 4.16. The first-order chi connectivity index (χ1) is 11.6. The van der Waals surface area contributed by atoms with Crippen LogP contribution in [0, 0.1) is 0 Å². The van der Waals surface area contributed by atoms with Crippen molar-refractivity contribution in [2.45, 2.75) is 31.1 Å². The van der Waals surface area contributed by atoms with E-state index in [9.17, 15) is 37.5 Å². The Morgan fingerprint density at radius 2 is 1.88 bits per heavy atom. The summed E-state index contributed by atoms with van der Waals surface area (Å²) in [6.45, 7) is 0. The van der Waals surface area contributed by atoms with Gasteiger partial charge in [0.1, 0.15) is 12.1 Å². The molecule has 0 spiro atoms. The fourth-order valence-electron chi connectivity index (χ4n) is 3.09. The van der Waals surface area contributed by atoms with Gasteiger partial charge in [0.05, 0.1) is 5.69 Å². The molecule has 0 saturated heterocycles. The molecule has 2 aliphatic heterocycles. The topological polar surface area (TPSA) is 104 Å². The highest BCUT2D eigenvalue weighted by Gasteiger charge is 2.48. The maximum atomic E-state index is 12.6. The second-order valence-corrected chi connectivity index (χ2v) is 5.73. The molecule has 1 aromatic rings. The number of nitrogens with zero attached hydrogens (tertiary/aromatic N) is 1. The van der Waals surface area contributed by atoms with Crippen molar-refractivity contribution >= 4 is 29.3 Å². The number of carbonyl (C=O) groups is 4. The van der Waals surface area contributed by atoms with E-state index >= 15 is 0 Å². The van der Waals surface area contributed by atoms with Crippen LogP contribution in [0.3, 0.4) is 0 Å². The van der Waals surface area contributed by atoms with E-state index in [1.807, 2.05) is 0 Å². The molecule has 25 heavy (non-hydrogen) atoms. The van der Waals surface area contributed by atoms with Crippen molar-refractivity contribution in [3.05, 3.63) is 29.3 Å². The lowest BCUT2D eigenvalue weighted by Gasteiger charge is -2.26. The lowest BCUT2D eigenvalue weighted by Crippen LogP contribution is -2.54. The maximum absolute atomic E-state index is 12.6. The van der Waals surface area contributed by atoms with Crippen LogP contribution in [0.2, 0.25) is 0 Å². The quantitative estimate of drug-likeness (QED) is 0.810. The monoisotopic (exact) mass is 356 g/mol. The number of rotatable bonds is 2. The van der Waals surface area contributed by atoms with Crippen LogP contribution in [-0.4, -0.2) is 46.9 Å². The first kappa shape index (κ1) is 16.9. The smallest absolute Gasteiger partial charge is 0.471 e. The molecule has 0 radical (unpaired) electrons. The molecule has 2 amide bonds. The van der Waals surface area contributed by atoms with Gasteiger partial charge >= 0.3 is 18.1 Å². The summed E-state index contributed by atoms with van der Waals surface area (Å²) in [4.78, 5) is 48.4. The number of para-hydroxylation sites is 1. The number of ketones is 1. The Hall–Kier alpha value is -2.91. The molecule has 7 nitrogen and oxygen atoms in total. The van der Waals surface area contributed by atoms with E-state index < -0.39 is 48.2 Å². The van der Waals surface area contributed by atoms with Crippen LogP contribution >= 0.6 is 0 Å². The van der Waals surface area contributed by atoms with Gasteiger partial charge in [0.25, 0.3) is 5.91 Å². The molecule has 0 saturated carbocycles. The maximum Gasteiger partial charge on any atom is 0.471 e. The highest BCUT2D eigenvalue weighted by atomic mass is 19.4. The molecule has 3 rings (SSSR count). The van der Waals surface area contributed by atoms with Gasteiger partial charge in [-0.05, 0) is 11.6 Å². The average Bonchev–Trinajstić information content (AvgIpc) is 2.87. The summed E-state index contributed by atoms with van der Waals surface area (Å²) < 4.78 is 37.4. The van der Waals surface area contributed by atoms with Gasteiger partial charge in [-0.3, -0.25) is 19.3 Å². The number of halogens is 3. The zero-order chi connectivity index (χ0) is 18.5. The molecule has 0 aromatic heterocycles. The Labute approximate surface area is 138 Å². The van der Waals surface area contributed by atoms with Crippen molar-refractivity contribution < 1.29 is 37.5 Å². The van der Waals surface area contributed by atoms with E-state index in [1.54, 1.807) is 6.07 Å². The summed E-state index contributed by atoms with van der Waals surface area (Å²) in [5, 5.41) is 10.8. The van der Waals surface area contributed by atoms with Gasteiger partial charge in [-0.15, -0.1) is 0 Å². The molecule has 1 unspecified atom stereocenters. The number of hydrogen-bond donors (Lipinski definition) is 2.